The average molecular weight is 708 g/mol. The third-order valence-corrected chi connectivity index (χ3v) is 7.41. The summed E-state index contributed by atoms with van der Waals surface area (Å²) >= 11 is 0. The largest absolute Gasteiger partial charge is 0.397 e. The molecule has 45 heavy (non-hydrogen) atoms. The number of amides is 1. The molecule has 0 bridgehead atoms. The van der Waals surface area contributed by atoms with Crippen molar-refractivity contribution in [2.75, 3.05) is 26.4 Å². The smallest absolute Gasteiger partial charge is 0.394 e. The summed E-state index contributed by atoms with van der Waals surface area (Å²) in [6.07, 6.45) is -26.5. The Balaban J connectivity index is 2.47. The number of ether oxygens (including phenoxy) is 4. The van der Waals surface area contributed by atoms with Crippen molar-refractivity contribution in [2.24, 2.45) is 0 Å². The molecule has 2 heterocycles. The number of carbonyl (C=O) groups excluding carboxylic acids is 1. The van der Waals surface area contributed by atoms with Gasteiger partial charge in [0.05, 0.1) is 26.4 Å². The summed E-state index contributed by atoms with van der Waals surface area (Å²) in [7, 11) is -10.3. The number of aliphatic hydroxyl groups excluding tert-OH is 9. The zero-order chi connectivity index (χ0) is 34.4. The average Bonchev–Trinajstić information content (AvgIpc) is 2.94. The van der Waals surface area contributed by atoms with Gasteiger partial charge in [0.2, 0.25) is 5.91 Å². The maximum absolute atomic E-state index is 12.0. The monoisotopic (exact) mass is 707 g/mol. The van der Waals surface area contributed by atoms with E-state index in [1.54, 1.807) is 0 Å². The molecule has 2 saturated heterocycles. The first-order valence-electron chi connectivity index (χ1n) is 12.8. The van der Waals surface area contributed by atoms with E-state index in [4.69, 9.17) is 28.1 Å². The summed E-state index contributed by atoms with van der Waals surface area (Å²) in [4.78, 5) is 12.0. The van der Waals surface area contributed by atoms with E-state index in [-0.39, 0.29) is 0 Å². The van der Waals surface area contributed by atoms with Gasteiger partial charge in [0.25, 0.3) is 0 Å². The molecule has 0 radical (unpaired) electrons. The van der Waals surface area contributed by atoms with Crippen LogP contribution in [0.1, 0.15) is 6.92 Å². The van der Waals surface area contributed by atoms with E-state index in [2.05, 4.69) is 13.7 Å². The highest BCUT2D eigenvalue weighted by atomic mass is 32.3. The zero-order valence-electron chi connectivity index (χ0n) is 23.1. The van der Waals surface area contributed by atoms with Crippen molar-refractivity contribution in [1.29, 1.82) is 0 Å². The highest BCUT2D eigenvalue weighted by Crippen LogP contribution is 2.31. The standard InChI is InChI=1S/C20H37NO22S2/c1-6(24)21-11-14(29)18(43-20-16(31)15(30)13(28)9(40-20)4-38-44(32,33)34)10(5-39-45(35,36)37)41-19(11)42-17(8(26)3-23)12(27)7(25)2-22/h7-20,22-23,25-31H,2-5H2,1H3,(H,21,24)(H,32,33,34)(H,35,36,37)/t7-,8+,9-,10-,11-,12+,13+,14-,15+,16-,17-,18-,19+,20+/m1/s1. The molecule has 23 nitrogen and oxygen atoms in total. The Kier molecular flexibility index (Phi) is 14.8. The van der Waals surface area contributed by atoms with Crippen LogP contribution in [0, 0.1) is 0 Å². The minimum Gasteiger partial charge on any atom is -0.394 e. The van der Waals surface area contributed by atoms with Crippen molar-refractivity contribution in [3.8, 4) is 0 Å². The van der Waals surface area contributed by atoms with Crippen LogP contribution in [0.2, 0.25) is 0 Å². The molecule has 14 atom stereocenters. The van der Waals surface area contributed by atoms with E-state index in [1.165, 1.54) is 0 Å². The topological polar surface area (TPSA) is 375 Å². The molecule has 2 fully saturated rings. The van der Waals surface area contributed by atoms with Crippen LogP contribution in [-0.4, -0.2) is 190 Å². The van der Waals surface area contributed by atoms with Crippen molar-refractivity contribution in [3.05, 3.63) is 0 Å². The predicted molar refractivity (Wildman–Crippen MR) is 136 cm³/mol. The molecule has 0 saturated carbocycles. The van der Waals surface area contributed by atoms with Crippen molar-refractivity contribution in [1.82, 2.24) is 5.32 Å². The van der Waals surface area contributed by atoms with Crippen LogP contribution < -0.4 is 5.32 Å². The number of aliphatic hydroxyl groups is 9. The van der Waals surface area contributed by atoms with E-state index < -0.39 is 139 Å². The van der Waals surface area contributed by atoms with Crippen molar-refractivity contribution < 1.29 is 104 Å². The van der Waals surface area contributed by atoms with E-state index >= 15 is 0 Å². The number of carbonyl (C=O) groups is 1. The second-order valence-electron chi connectivity index (χ2n) is 9.89. The molecule has 2 aliphatic heterocycles. The number of hydrogen-bond acceptors (Lipinski definition) is 20. The number of hydrogen-bond donors (Lipinski definition) is 12. The third-order valence-electron chi connectivity index (χ3n) is 6.54. The molecule has 0 spiro atoms. The quantitative estimate of drug-likeness (QED) is 0.0662. The molecule has 1 amide bonds. The molecule has 266 valence electrons. The lowest BCUT2D eigenvalue weighted by molar-refractivity contribution is -0.354. The van der Waals surface area contributed by atoms with Crippen LogP contribution in [0.5, 0.6) is 0 Å². The number of nitrogens with one attached hydrogen (secondary N) is 1. The van der Waals surface area contributed by atoms with Crippen LogP contribution in [0.3, 0.4) is 0 Å². The van der Waals surface area contributed by atoms with Gasteiger partial charge in [-0.2, -0.15) is 16.8 Å². The van der Waals surface area contributed by atoms with E-state index in [0.717, 1.165) is 6.92 Å². The first-order valence-corrected chi connectivity index (χ1v) is 15.5. The Bertz CT molecular complexity index is 1160. The van der Waals surface area contributed by atoms with Crippen LogP contribution in [0.25, 0.3) is 0 Å². The normalized spacial score (nSPS) is 35.7. The van der Waals surface area contributed by atoms with E-state index in [0.29, 0.717) is 0 Å². The molecule has 0 aromatic carbocycles. The summed E-state index contributed by atoms with van der Waals surface area (Å²) in [6, 6.07) is -1.81. The molecule has 2 aliphatic rings. The maximum atomic E-state index is 12.0. The predicted octanol–water partition coefficient (Wildman–Crippen LogP) is -8.14. The minimum atomic E-state index is -5.23. The number of rotatable bonds is 16. The summed E-state index contributed by atoms with van der Waals surface area (Å²) in [5, 5.41) is 93.3. The van der Waals surface area contributed by atoms with Crippen LogP contribution in [0.15, 0.2) is 0 Å². The molecule has 0 aromatic rings. The lowest BCUT2D eigenvalue weighted by Crippen LogP contribution is -2.68. The Morgan fingerprint density at radius 3 is 1.78 bits per heavy atom. The lowest BCUT2D eigenvalue weighted by Gasteiger charge is -2.48. The minimum absolute atomic E-state index is 0.882. The SMILES string of the molecule is CC(=O)N[C@H]1[C@H](O[C@@H]([C@@H](O)[C@H](O)CO)[C@@H](O)CO)O[C@H](COS(=O)(=O)O)[C@@H](O[C@@H]2O[C@H](COS(=O)(=O)O)[C@H](O)[C@H](O)[C@H]2O)[C@@H]1O. The first kappa shape index (κ1) is 39.9. The highest BCUT2D eigenvalue weighted by molar-refractivity contribution is 7.81. The fourth-order valence-electron chi connectivity index (χ4n) is 4.34. The van der Waals surface area contributed by atoms with Gasteiger partial charge in [-0.05, 0) is 0 Å². The van der Waals surface area contributed by atoms with Crippen molar-refractivity contribution in [3.63, 3.8) is 0 Å². The first-order chi connectivity index (χ1) is 20.7. The fourth-order valence-corrected chi connectivity index (χ4v) is 4.95. The van der Waals surface area contributed by atoms with Gasteiger partial charge < -0.3 is 70.2 Å². The fraction of sp³-hybridized carbons (Fsp3) is 0.950. The molecular weight excluding hydrogens is 670 g/mol. The highest BCUT2D eigenvalue weighted by Gasteiger charge is 2.53. The van der Waals surface area contributed by atoms with E-state index in [1.807, 2.05) is 0 Å². The molecule has 25 heteroatoms. The van der Waals surface area contributed by atoms with Crippen LogP contribution >= 0.6 is 0 Å². The molecule has 0 aliphatic carbocycles. The van der Waals surface area contributed by atoms with E-state index in [9.17, 15) is 67.6 Å². The van der Waals surface area contributed by atoms with Gasteiger partial charge in [-0.3, -0.25) is 13.9 Å². The zero-order valence-corrected chi connectivity index (χ0v) is 24.8. The van der Waals surface area contributed by atoms with Crippen LogP contribution in [-0.2, 0) is 52.9 Å². The molecule has 0 unspecified atom stereocenters. The second kappa shape index (κ2) is 16.7. The molecule has 2 rings (SSSR count). The summed E-state index contributed by atoms with van der Waals surface area (Å²) in [5.74, 6) is -0.882. The van der Waals surface area contributed by atoms with Gasteiger partial charge in [-0.1, -0.05) is 0 Å². The molecule has 0 aromatic heterocycles. The Hall–Kier alpha value is -1.31. The Morgan fingerprint density at radius 1 is 0.778 bits per heavy atom. The van der Waals surface area contributed by atoms with Gasteiger partial charge in [0.15, 0.2) is 12.6 Å². The second-order valence-corrected chi connectivity index (χ2v) is 12.1. The summed E-state index contributed by atoms with van der Waals surface area (Å²) in [6.45, 7) is -3.59. The van der Waals surface area contributed by atoms with Crippen molar-refractivity contribution >= 4 is 26.7 Å². The Labute approximate surface area is 255 Å². The molecular formula is C20H37NO22S2. The van der Waals surface area contributed by atoms with Gasteiger partial charge in [-0.15, -0.1) is 0 Å². The Morgan fingerprint density at radius 2 is 1.29 bits per heavy atom. The summed E-state index contributed by atoms with van der Waals surface area (Å²) in [5.41, 5.74) is 0. The van der Waals surface area contributed by atoms with Gasteiger partial charge in [0, 0.05) is 6.92 Å². The van der Waals surface area contributed by atoms with Gasteiger partial charge >= 0.3 is 20.8 Å². The maximum Gasteiger partial charge on any atom is 0.397 e. The molecule has 12 N–H and O–H groups in total. The summed E-state index contributed by atoms with van der Waals surface area (Å²) < 4.78 is 92.5. The third kappa shape index (κ3) is 11.4. The van der Waals surface area contributed by atoms with Gasteiger partial charge in [0.1, 0.15) is 73.2 Å². The van der Waals surface area contributed by atoms with Crippen LogP contribution in [0.4, 0.5) is 0 Å². The lowest BCUT2D eigenvalue weighted by atomic mass is 9.95. The van der Waals surface area contributed by atoms with Crippen molar-refractivity contribution in [2.45, 2.75) is 92.7 Å². The van der Waals surface area contributed by atoms with Gasteiger partial charge in [-0.25, -0.2) is 8.37 Å².